The molecule has 1 aromatic heterocycles. The van der Waals surface area contributed by atoms with Gasteiger partial charge in [0.2, 0.25) is 0 Å². The van der Waals surface area contributed by atoms with E-state index in [1.807, 2.05) is 30.3 Å². The van der Waals surface area contributed by atoms with E-state index >= 15 is 0 Å². The molecule has 116 valence electrons. The van der Waals surface area contributed by atoms with E-state index in [0.29, 0.717) is 22.2 Å². The maximum Gasteiger partial charge on any atom is 0.351 e. The maximum atomic E-state index is 11.7. The minimum Gasteiger partial charge on any atom is -0.488 e. The molecule has 3 aromatic rings. The molecule has 0 unspecified atom stereocenters. The van der Waals surface area contributed by atoms with Gasteiger partial charge in [0, 0.05) is 11.5 Å². The largest absolute Gasteiger partial charge is 0.488 e. The molecule has 2 aromatic carbocycles. The minimum absolute atomic E-state index is 0.270. The monoisotopic (exact) mass is 374 g/mol. The number of carboxylic acid groups (broad SMARTS) is 1. The van der Waals surface area contributed by atoms with Crippen molar-refractivity contribution in [1.29, 1.82) is 0 Å². The van der Waals surface area contributed by atoms with E-state index in [2.05, 4.69) is 15.9 Å². The van der Waals surface area contributed by atoms with Crippen molar-refractivity contribution in [3.8, 4) is 5.75 Å². The predicted octanol–water partition coefficient (Wildman–Crippen LogP) is 3.83. The molecule has 0 atom stereocenters. The molecule has 23 heavy (non-hydrogen) atoms. The number of rotatable bonds is 4. The molecule has 1 N–H and O–H groups in total. The van der Waals surface area contributed by atoms with Crippen LogP contribution in [0.2, 0.25) is 0 Å². The van der Waals surface area contributed by atoms with Crippen LogP contribution in [0.3, 0.4) is 0 Å². The lowest BCUT2D eigenvalue weighted by Gasteiger charge is -2.09. The van der Waals surface area contributed by atoms with Gasteiger partial charge in [0.05, 0.1) is 4.47 Å². The molecule has 6 heteroatoms. The van der Waals surface area contributed by atoms with Gasteiger partial charge in [-0.2, -0.15) is 0 Å². The van der Waals surface area contributed by atoms with Crippen LogP contribution in [-0.4, -0.2) is 11.1 Å². The zero-order valence-electron chi connectivity index (χ0n) is 11.8. The fourth-order valence-electron chi connectivity index (χ4n) is 2.12. The Labute approximate surface area is 139 Å². The second-order valence-corrected chi connectivity index (χ2v) is 5.70. The molecule has 1 heterocycles. The van der Waals surface area contributed by atoms with E-state index in [4.69, 9.17) is 14.3 Å². The number of fused-ring (bicyclic) bond motifs is 1. The Balaban J connectivity index is 1.96. The first-order valence-electron chi connectivity index (χ1n) is 6.72. The highest BCUT2D eigenvalue weighted by Crippen LogP contribution is 2.31. The predicted molar refractivity (Wildman–Crippen MR) is 87.9 cm³/mol. The summed E-state index contributed by atoms with van der Waals surface area (Å²) in [5.74, 6) is -0.811. The maximum absolute atomic E-state index is 11.7. The molecule has 0 saturated carbocycles. The van der Waals surface area contributed by atoms with Gasteiger partial charge in [-0.05, 0) is 33.6 Å². The second kappa shape index (κ2) is 6.26. The first-order valence-corrected chi connectivity index (χ1v) is 7.51. The summed E-state index contributed by atoms with van der Waals surface area (Å²) in [6.45, 7) is 0.363. The molecule has 0 fully saturated rings. The highest BCUT2D eigenvalue weighted by Gasteiger charge is 2.14. The van der Waals surface area contributed by atoms with Crippen LogP contribution in [0.1, 0.15) is 15.9 Å². The summed E-state index contributed by atoms with van der Waals surface area (Å²) in [4.78, 5) is 22.6. The van der Waals surface area contributed by atoms with Crippen molar-refractivity contribution in [1.82, 2.24) is 0 Å². The fraction of sp³-hybridized carbons (Fsp3) is 0.0588. The van der Waals surface area contributed by atoms with Gasteiger partial charge in [0.25, 0.3) is 0 Å². The van der Waals surface area contributed by atoms with E-state index in [1.54, 1.807) is 12.1 Å². The van der Waals surface area contributed by atoms with Gasteiger partial charge in [-0.3, -0.25) is 0 Å². The van der Waals surface area contributed by atoms with Crippen LogP contribution < -0.4 is 10.4 Å². The van der Waals surface area contributed by atoms with Crippen LogP contribution in [0.5, 0.6) is 5.75 Å². The van der Waals surface area contributed by atoms with Crippen molar-refractivity contribution in [2.24, 2.45) is 0 Å². The quantitative estimate of drug-likeness (QED) is 0.702. The summed E-state index contributed by atoms with van der Waals surface area (Å²) >= 11 is 3.38. The first kappa shape index (κ1) is 15.3. The molecule has 0 saturated heterocycles. The Bertz CT molecular complexity index is 931. The first-order chi connectivity index (χ1) is 11.0. The summed E-state index contributed by atoms with van der Waals surface area (Å²) in [5.41, 5.74) is -0.0166. The second-order valence-electron chi connectivity index (χ2n) is 4.85. The Hall–Kier alpha value is -2.60. The third-order valence-electron chi connectivity index (χ3n) is 3.25. The molecule has 5 nitrogen and oxygen atoms in total. The Morgan fingerprint density at radius 1 is 1.17 bits per heavy atom. The zero-order valence-corrected chi connectivity index (χ0v) is 13.4. The van der Waals surface area contributed by atoms with Gasteiger partial charge in [-0.1, -0.05) is 30.3 Å². The molecule has 0 aliphatic heterocycles. The van der Waals surface area contributed by atoms with E-state index in [-0.39, 0.29) is 5.58 Å². The number of carboxylic acids is 1. The number of benzene rings is 2. The number of halogens is 1. The smallest absolute Gasteiger partial charge is 0.351 e. The average Bonchev–Trinajstić information content (AvgIpc) is 2.53. The molecule has 0 aliphatic carbocycles. The van der Waals surface area contributed by atoms with Crippen molar-refractivity contribution in [3.63, 3.8) is 0 Å². The third kappa shape index (κ3) is 3.27. The topological polar surface area (TPSA) is 76.7 Å². The van der Waals surface area contributed by atoms with Gasteiger partial charge >= 0.3 is 11.6 Å². The highest BCUT2D eigenvalue weighted by molar-refractivity contribution is 9.10. The number of hydrogen-bond donors (Lipinski definition) is 1. The summed E-state index contributed by atoms with van der Waals surface area (Å²) in [6, 6.07) is 14.1. The lowest BCUT2D eigenvalue weighted by atomic mass is 10.2. The van der Waals surface area contributed by atoms with Gasteiger partial charge in [-0.15, -0.1) is 0 Å². The van der Waals surface area contributed by atoms with Gasteiger partial charge in [-0.25, -0.2) is 9.59 Å². The summed E-state index contributed by atoms with van der Waals surface area (Å²) in [7, 11) is 0. The van der Waals surface area contributed by atoms with E-state index in [9.17, 15) is 9.59 Å². The summed E-state index contributed by atoms with van der Waals surface area (Å²) in [5, 5.41) is 9.46. The van der Waals surface area contributed by atoms with Crippen LogP contribution >= 0.6 is 15.9 Å². The highest BCUT2D eigenvalue weighted by atomic mass is 79.9. The molecule has 0 bridgehead atoms. The molecule has 0 radical (unpaired) electrons. The Kier molecular flexibility index (Phi) is 4.16. The van der Waals surface area contributed by atoms with Crippen LogP contribution in [0.15, 0.2) is 62.2 Å². The molecular weight excluding hydrogens is 364 g/mol. The third-order valence-corrected chi connectivity index (χ3v) is 3.87. The number of carbonyl (C=O) groups is 1. The number of ether oxygens (including phenoxy) is 1. The zero-order chi connectivity index (χ0) is 16.4. The van der Waals surface area contributed by atoms with Crippen molar-refractivity contribution in [3.05, 3.63) is 74.6 Å². The summed E-state index contributed by atoms with van der Waals surface area (Å²) < 4.78 is 11.4. The molecule has 0 amide bonds. The van der Waals surface area contributed by atoms with Crippen LogP contribution in [0, 0.1) is 0 Å². The number of hydrogen-bond acceptors (Lipinski definition) is 4. The molecular formula is C17H11BrO5. The van der Waals surface area contributed by atoms with Crippen LogP contribution in [0.4, 0.5) is 0 Å². The molecule has 3 rings (SSSR count). The average molecular weight is 375 g/mol. The Morgan fingerprint density at radius 3 is 2.61 bits per heavy atom. The molecule has 0 spiro atoms. The lowest BCUT2D eigenvalue weighted by Crippen LogP contribution is -2.12. The standard InChI is InChI=1S/C17H11BrO5/c18-13-7-11-6-12(16(19)20)17(21)23-14(11)8-15(13)22-9-10-4-2-1-3-5-10/h1-8H,9H2,(H,19,20). The van der Waals surface area contributed by atoms with Gasteiger partial charge < -0.3 is 14.3 Å². The lowest BCUT2D eigenvalue weighted by molar-refractivity contribution is 0.0692. The number of aromatic carboxylic acids is 1. The van der Waals surface area contributed by atoms with E-state index < -0.39 is 17.2 Å². The SMILES string of the molecule is O=C(O)c1cc2cc(Br)c(OCc3ccccc3)cc2oc1=O. The van der Waals surface area contributed by atoms with Crippen LogP contribution in [0.25, 0.3) is 11.0 Å². The van der Waals surface area contributed by atoms with Gasteiger partial charge in [0.1, 0.15) is 23.5 Å². The minimum atomic E-state index is -1.32. The summed E-state index contributed by atoms with van der Waals surface area (Å²) in [6.07, 6.45) is 0. The van der Waals surface area contributed by atoms with Crippen LogP contribution in [-0.2, 0) is 6.61 Å². The normalized spacial score (nSPS) is 10.7. The van der Waals surface area contributed by atoms with Crippen molar-refractivity contribution in [2.45, 2.75) is 6.61 Å². The van der Waals surface area contributed by atoms with Crippen molar-refractivity contribution < 1.29 is 19.1 Å². The van der Waals surface area contributed by atoms with Gasteiger partial charge in [0.15, 0.2) is 0 Å². The van der Waals surface area contributed by atoms with E-state index in [0.717, 1.165) is 5.56 Å². The van der Waals surface area contributed by atoms with Crippen molar-refractivity contribution >= 4 is 32.9 Å². The van der Waals surface area contributed by atoms with E-state index in [1.165, 1.54) is 6.07 Å². The fourth-order valence-corrected chi connectivity index (χ4v) is 2.59. The Morgan fingerprint density at radius 2 is 1.91 bits per heavy atom. The molecule has 0 aliphatic rings. The van der Waals surface area contributed by atoms with Crippen molar-refractivity contribution in [2.75, 3.05) is 0 Å².